The summed E-state index contributed by atoms with van der Waals surface area (Å²) in [5.74, 6) is -4.60. The Bertz CT molecular complexity index is 2990. The van der Waals surface area contributed by atoms with E-state index in [1.54, 1.807) is 72.2 Å². The minimum atomic E-state index is -0.962. The van der Waals surface area contributed by atoms with Gasteiger partial charge >= 0.3 is 73.5 Å². The first kappa shape index (κ1) is 93.6. The fraction of sp³-hybridized carbons (Fsp3) is 0.507. The van der Waals surface area contributed by atoms with Crippen LogP contribution in [0.4, 0.5) is 34.1 Å². The number of nitrogens with zero attached hydrogens (tertiary/aromatic N) is 4. The first-order valence-corrected chi connectivity index (χ1v) is 29.9. The van der Waals surface area contributed by atoms with Crippen molar-refractivity contribution >= 4 is 140 Å². The largest absolute Gasteiger partial charge is 1.00 e. The number of anilines is 6. The summed E-state index contributed by atoms with van der Waals surface area (Å²) in [5.41, 5.74) is 13.1. The summed E-state index contributed by atoms with van der Waals surface area (Å²) in [6.07, 6.45) is 13.0. The van der Waals surface area contributed by atoms with Crippen LogP contribution in [0.1, 0.15) is 184 Å². The van der Waals surface area contributed by atoms with Crippen LogP contribution in [-0.2, 0) is 71.7 Å². The van der Waals surface area contributed by atoms with Gasteiger partial charge in [-0.05, 0) is 118 Å². The molecule has 23 nitrogen and oxygen atoms in total. The van der Waals surface area contributed by atoms with Gasteiger partial charge in [0.2, 0.25) is 35.4 Å². The maximum atomic E-state index is 12.4. The Morgan fingerprint density at radius 3 is 0.969 bits per heavy atom. The standard InChI is InChI=1S/C20H24N2O4.C20H24N2O2.C7H12O4.C7H10O3.C6H8N2.C4H6O3.C4H8O.CH4.2Al.2Li.8H/c1-19(2)9-15(23)21(16(24)10-19)13-5-7-14(8-6-13)22-17(25)11-20(3,4)12-18(22)26;1-19(2)9-11-21(17(23)13-19)15-5-7-16(8-6-15)22-12-10-20(3,4)14-18(22)24;1-7(2,3-5(8)9)4-6(10)11;1-7(2)3-5(8)10-6(9)4-7;7-5-1-2-6(8)4-3-5;1-3(5)7-4(2)6;1-2-4-5-3-1;;;;;;;;;;;;;/h5-8H,9-12H2,1-4H3;5-12H,13-14H2,1-4H3;3-4H2,1-2H3,(H,8,9)(H,10,11);3-4H2,1-2H3;1-4H,7-8H2;1-2H3;1-4H2;1H4;;;;;;;;;;;;/q;;;;;;;;;;2*+1;;;;;;;2*-1. The molecule has 0 atom stereocenters. The van der Waals surface area contributed by atoms with Crippen molar-refractivity contribution in [1.82, 2.24) is 0 Å². The second kappa shape index (κ2) is 41.0. The molecule has 3 aromatic rings. The molecule has 4 saturated heterocycles. The van der Waals surface area contributed by atoms with Gasteiger partial charge in [-0.3, -0.25) is 77.1 Å². The summed E-state index contributed by atoms with van der Waals surface area (Å²) >= 11 is 0. The van der Waals surface area contributed by atoms with Crippen molar-refractivity contribution in [2.45, 2.75) is 181 Å². The minimum absolute atomic E-state index is 0. The van der Waals surface area contributed by atoms with Crippen LogP contribution in [-0.4, -0.2) is 129 Å². The van der Waals surface area contributed by atoms with Crippen LogP contribution in [0.2, 0.25) is 0 Å². The van der Waals surface area contributed by atoms with Gasteiger partial charge in [0.1, 0.15) is 0 Å². The second-order valence-corrected chi connectivity index (χ2v) is 27.5. The fourth-order valence-corrected chi connectivity index (χ4v) is 9.84. The second-order valence-electron chi connectivity index (χ2n) is 27.5. The zero-order valence-electron chi connectivity index (χ0n) is 59.1. The SMILES string of the molecule is C.C1CCOC1.CC(=O)OC(C)=O.CC(C)(CC(=O)O)CC(=O)O.CC1(C)C=CN(c2ccc(N3C=CC(C)(C)CC3=O)cc2)C(=O)C1.CC1(C)CC(=O)N(c2ccc(N3C(=O)CC(C)(C)CC3=O)cc2)C(=O)C1.CC1(C)CC(=O)OC(=O)C1.Nc1ccc(N)cc1.[AlH3].[AlH3].[H-].[H-].[Li+].[Li+]. The zero-order chi connectivity index (χ0) is 69.0. The number of imide groups is 2. The number of amides is 6. The number of cyclic esters (lactones) is 2. The number of allylic oxidation sites excluding steroid dienone is 2. The molecule has 4 fully saturated rings. The molecule has 96 heavy (non-hydrogen) atoms. The molecule has 3 aromatic carbocycles. The Hall–Kier alpha value is -6.60. The summed E-state index contributed by atoms with van der Waals surface area (Å²) in [4.78, 5) is 141. The van der Waals surface area contributed by atoms with E-state index in [-0.39, 0.29) is 158 Å². The predicted octanol–water partition coefficient (Wildman–Crippen LogP) is 3.37. The molecular weight excluding hydrogens is 1250 g/mol. The molecule has 6 aliphatic heterocycles. The van der Waals surface area contributed by atoms with E-state index in [4.69, 9.17) is 26.4 Å². The topological polar surface area (TPSA) is 338 Å². The van der Waals surface area contributed by atoms with E-state index in [0.717, 1.165) is 36.0 Å². The molecule has 0 saturated carbocycles. The minimum Gasteiger partial charge on any atom is -1.00 e. The van der Waals surface area contributed by atoms with E-state index in [1.807, 2.05) is 78.2 Å². The van der Waals surface area contributed by atoms with Gasteiger partial charge in [0.15, 0.2) is 34.7 Å². The summed E-state index contributed by atoms with van der Waals surface area (Å²) in [7, 11) is 0. The Morgan fingerprint density at radius 1 is 0.479 bits per heavy atom. The van der Waals surface area contributed by atoms with Crippen LogP contribution >= 0.6 is 0 Å². The number of benzene rings is 3. The molecule has 0 aliphatic carbocycles. The summed E-state index contributed by atoms with van der Waals surface area (Å²) in [6, 6.07) is 21.1. The summed E-state index contributed by atoms with van der Waals surface area (Å²) in [6.45, 7) is 27.2. The molecule has 6 aliphatic rings. The predicted molar refractivity (Wildman–Crippen MR) is 373 cm³/mol. The third kappa shape index (κ3) is 34.1. The molecule has 0 bridgehead atoms. The Balaban J connectivity index is -0.000000365. The quantitative estimate of drug-likeness (QED) is 0.0826. The van der Waals surface area contributed by atoms with Crippen molar-refractivity contribution in [1.29, 1.82) is 0 Å². The number of hydrogen-bond donors (Lipinski definition) is 4. The number of carbonyl (C=O) groups excluding carboxylic acids is 10. The molecular formula is C69H104Al2Li2N6O17. The smallest absolute Gasteiger partial charge is 1.00 e. The van der Waals surface area contributed by atoms with Crippen LogP contribution in [0.25, 0.3) is 0 Å². The van der Waals surface area contributed by atoms with Crippen LogP contribution < -0.4 is 68.8 Å². The number of carbonyl (C=O) groups is 12. The van der Waals surface area contributed by atoms with E-state index < -0.39 is 41.2 Å². The summed E-state index contributed by atoms with van der Waals surface area (Å²) in [5, 5.41) is 16.7. The van der Waals surface area contributed by atoms with E-state index in [9.17, 15) is 57.5 Å². The van der Waals surface area contributed by atoms with Crippen molar-refractivity contribution < 1.29 is 123 Å². The molecule has 6 N–H and O–H groups in total. The Kier molecular flexibility index (Phi) is 39.9. The van der Waals surface area contributed by atoms with Crippen molar-refractivity contribution in [2.24, 2.45) is 32.5 Å². The average molecular weight is 1360 g/mol. The van der Waals surface area contributed by atoms with Crippen LogP contribution in [0.15, 0.2) is 97.3 Å². The maximum absolute atomic E-state index is 12.4. The molecule has 0 spiro atoms. The monoisotopic (exact) mass is 1360 g/mol. The molecule has 6 heterocycles. The molecule has 0 aromatic heterocycles. The van der Waals surface area contributed by atoms with E-state index >= 15 is 0 Å². The van der Waals surface area contributed by atoms with E-state index in [2.05, 4.69) is 49.3 Å². The number of carboxylic acid groups (broad SMARTS) is 2. The molecule has 27 heteroatoms. The zero-order valence-corrected chi connectivity index (χ0v) is 57.1. The van der Waals surface area contributed by atoms with Gasteiger partial charge in [-0.2, -0.15) is 0 Å². The third-order valence-corrected chi connectivity index (χ3v) is 14.2. The number of carboxylic acids is 2. The fourth-order valence-electron chi connectivity index (χ4n) is 9.84. The number of aliphatic carboxylic acids is 2. The van der Waals surface area contributed by atoms with Gasteiger partial charge in [0.05, 0.1) is 37.1 Å². The van der Waals surface area contributed by atoms with Crippen LogP contribution in [0.3, 0.4) is 0 Å². The normalized spacial score (nSPS) is 18.1. The van der Waals surface area contributed by atoms with E-state index in [1.165, 1.54) is 36.5 Å². The number of esters is 4. The molecule has 6 amide bonds. The van der Waals surface area contributed by atoms with Gasteiger partial charge in [-0.25, -0.2) is 0 Å². The van der Waals surface area contributed by atoms with Gasteiger partial charge in [0.25, 0.3) is 0 Å². The number of hydrogen-bond acceptors (Lipinski definition) is 17. The number of nitrogens with two attached hydrogens (primary N) is 2. The first-order chi connectivity index (χ1) is 41.9. The molecule has 0 unspecified atom stereocenters. The van der Waals surface area contributed by atoms with Crippen molar-refractivity contribution in [2.75, 3.05) is 44.3 Å². The van der Waals surface area contributed by atoms with Crippen molar-refractivity contribution in [3.8, 4) is 0 Å². The number of nitrogen functional groups attached to an aromatic ring is 2. The average Bonchev–Trinajstić information content (AvgIpc) is 0.821. The summed E-state index contributed by atoms with van der Waals surface area (Å²) < 4.78 is 13.3. The van der Waals surface area contributed by atoms with Gasteiger partial charge in [0, 0.05) is 101 Å². The van der Waals surface area contributed by atoms with Crippen LogP contribution in [0, 0.1) is 32.5 Å². The van der Waals surface area contributed by atoms with Gasteiger partial charge in [-0.1, -0.05) is 103 Å². The van der Waals surface area contributed by atoms with Gasteiger partial charge in [-0.15, -0.1) is 0 Å². The Morgan fingerprint density at radius 2 is 0.750 bits per heavy atom. The van der Waals surface area contributed by atoms with Crippen LogP contribution in [0.5, 0.6) is 0 Å². The number of piperidine rings is 2. The van der Waals surface area contributed by atoms with Gasteiger partial charge < -0.3 is 38.7 Å². The molecule has 0 radical (unpaired) electrons. The number of ether oxygens (including phenoxy) is 3. The van der Waals surface area contributed by atoms with Crippen molar-refractivity contribution in [3.05, 3.63) is 97.3 Å². The van der Waals surface area contributed by atoms with Crippen molar-refractivity contribution in [3.63, 3.8) is 0 Å². The molecule has 520 valence electrons. The Labute approximate surface area is 614 Å². The first-order valence-electron chi connectivity index (χ1n) is 29.9. The number of rotatable bonds is 8. The third-order valence-electron chi connectivity index (χ3n) is 14.2. The maximum Gasteiger partial charge on any atom is 1.00 e. The van der Waals surface area contributed by atoms with E-state index in [0.29, 0.717) is 62.7 Å². The molecule has 9 rings (SSSR count).